The van der Waals surface area contributed by atoms with Crippen LogP contribution in [0.3, 0.4) is 0 Å². The van der Waals surface area contributed by atoms with Crippen LogP contribution in [-0.2, 0) is 9.59 Å². The summed E-state index contributed by atoms with van der Waals surface area (Å²) in [7, 11) is 0. The molecule has 1 aliphatic heterocycles. The Morgan fingerprint density at radius 1 is 1.16 bits per heavy atom. The molecule has 3 amide bonds. The molecule has 0 aliphatic carbocycles. The van der Waals surface area contributed by atoms with E-state index in [-0.39, 0.29) is 11.8 Å². The highest BCUT2D eigenvalue weighted by atomic mass is 19.1. The van der Waals surface area contributed by atoms with E-state index in [4.69, 9.17) is 0 Å². The van der Waals surface area contributed by atoms with Gasteiger partial charge in [-0.1, -0.05) is 13.8 Å². The molecule has 0 spiro atoms. The van der Waals surface area contributed by atoms with Crippen LogP contribution in [0, 0.1) is 19.7 Å². The maximum Gasteiger partial charge on any atom is 0.262 e. The Bertz CT molecular complexity index is 1050. The fourth-order valence-corrected chi connectivity index (χ4v) is 3.82. The summed E-state index contributed by atoms with van der Waals surface area (Å²) in [5.41, 5.74) is 3.52. The first-order chi connectivity index (χ1) is 14.8. The van der Waals surface area contributed by atoms with E-state index >= 15 is 0 Å². The van der Waals surface area contributed by atoms with Gasteiger partial charge in [-0.2, -0.15) is 0 Å². The Hall–Kier alpha value is -3.26. The number of nitrogens with one attached hydrogen (secondary N) is 2. The normalized spacial score (nSPS) is 14.1. The molecule has 31 heavy (non-hydrogen) atoms. The number of imide groups is 1. The SMILES string of the molecule is CCN(CC)CCN(C=O)C(=O)c1c(C)[nH]c(C=C2C(=O)Nc3ccc(F)cc32)c1C. The number of likely N-dealkylation sites (N-methyl/N-ethyl adjacent to an activating group) is 1. The van der Waals surface area contributed by atoms with Crippen LogP contribution in [0.5, 0.6) is 0 Å². The van der Waals surface area contributed by atoms with Crippen molar-refractivity contribution in [1.82, 2.24) is 14.8 Å². The number of carbonyl (C=O) groups is 3. The molecule has 0 unspecified atom stereocenters. The lowest BCUT2D eigenvalue weighted by Crippen LogP contribution is -2.38. The molecule has 0 saturated carbocycles. The number of halogens is 1. The van der Waals surface area contributed by atoms with E-state index < -0.39 is 5.82 Å². The number of benzene rings is 1. The van der Waals surface area contributed by atoms with Gasteiger partial charge in [0, 0.05) is 35.7 Å². The van der Waals surface area contributed by atoms with Gasteiger partial charge in [-0.05, 0) is 56.8 Å². The summed E-state index contributed by atoms with van der Waals surface area (Å²) in [6.07, 6.45) is 2.17. The highest BCUT2D eigenvalue weighted by Crippen LogP contribution is 2.34. The van der Waals surface area contributed by atoms with Gasteiger partial charge >= 0.3 is 0 Å². The zero-order chi connectivity index (χ0) is 22.7. The Morgan fingerprint density at radius 2 is 1.87 bits per heavy atom. The second-order valence-corrected chi connectivity index (χ2v) is 7.50. The minimum absolute atomic E-state index is 0.291. The molecule has 3 rings (SSSR count). The van der Waals surface area contributed by atoms with Crippen molar-refractivity contribution in [1.29, 1.82) is 0 Å². The summed E-state index contributed by atoms with van der Waals surface area (Å²) in [5.74, 6) is -1.17. The zero-order valence-electron chi connectivity index (χ0n) is 18.2. The number of carbonyl (C=O) groups excluding carboxylic acids is 3. The highest BCUT2D eigenvalue weighted by Gasteiger charge is 2.27. The number of anilines is 1. The van der Waals surface area contributed by atoms with Gasteiger partial charge in [-0.25, -0.2) is 4.39 Å². The molecule has 164 valence electrons. The van der Waals surface area contributed by atoms with Gasteiger partial charge in [-0.3, -0.25) is 19.3 Å². The van der Waals surface area contributed by atoms with E-state index in [0.717, 1.165) is 13.1 Å². The fraction of sp³-hybridized carbons (Fsp3) is 0.348. The molecule has 2 N–H and O–H groups in total. The van der Waals surface area contributed by atoms with Crippen molar-refractivity contribution in [3.8, 4) is 0 Å². The molecular formula is C23H27FN4O3. The molecule has 8 heteroatoms. The first-order valence-electron chi connectivity index (χ1n) is 10.3. The first-order valence-corrected chi connectivity index (χ1v) is 10.3. The number of amides is 3. The van der Waals surface area contributed by atoms with Gasteiger partial charge in [0.25, 0.3) is 11.8 Å². The van der Waals surface area contributed by atoms with Crippen molar-refractivity contribution in [2.75, 3.05) is 31.5 Å². The molecule has 0 radical (unpaired) electrons. The van der Waals surface area contributed by atoms with E-state index in [9.17, 15) is 18.8 Å². The van der Waals surface area contributed by atoms with E-state index in [1.807, 2.05) is 13.8 Å². The summed E-state index contributed by atoms with van der Waals surface area (Å²) in [6, 6.07) is 4.11. The topological polar surface area (TPSA) is 85.5 Å². The number of aromatic amines is 1. The Morgan fingerprint density at radius 3 is 2.52 bits per heavy atom. The van der Waals surface area contributed by atoms with Crippen LogP contribution in [0.2, 0.25) is 0 Å². The number of hydrogen-bond donors (Lipinski definition) is 2. The van der Waals surface area contributed by atoms with Crippen LogP contribution < -0.4 is 5.32 Å². The first kappa shape index (κ1) is 22.4. The molecule has 0 fully saturated rings. The standard InChI is InChI=1S/C23H27FN4O3/c1-5-27(6-2)9-10-28(13-29)23(31)21-14(3)20(25-15(21)4)12-18-17-11-16(24)7-8-19(17)26-22(18)30/h7-8,11-13,25H,5-6,9-10H2,1-4H3,(H,26,30). The molecule has 7 nitrogen and oxygen atoms in total. The Balaban J connectivity index is 1.92. The van der Waals surface area contributed by atoms with E-state index in [1.54, 1.807) is 19.9 Å². The summed E-state index contributed by atoms with van der Waals surface area (Å²) in [4.78, 5) is 43.5. The monoisotopic (exact) mass is 426 g/mol. The third-order valence-corrected chi connectivity index (χ3v) is 5.68. The maximum atomic E-state index is 13.7. The molecule has 0 atom stereocenters. The second kappa shape index (κ2) is 9.26. The van der Waals surface area contributed by atoms with Crippen molar-refractivity contribution in [3.05, 3.63) is 52.1 Å². The number of rotatable bonds is 8. The van der Waals surface area contributed by atoms with E-state index in [2.05, 4.69) is 15.2 Å². The number of fused-ring (bicyclic) bond motifs is 1. The van der Waals surface area contributed by atoms with Crippen LogP contribution in [0.25, 0.3) is 11.6 Å². The number of nitrogens with zero attached hydrogens (tertiary/aromatic N) is 2. The largest absolute Gasteiger partial charge is 0.358 e. The molecule has 2 aromatic rings. The van der Waals surface area contributed by atoms with Crippen molar-refractivity contribution in [2.45, 2.75) is 27.7 Å². The smallest absolute Gasteiger partial charge is 0.262 e. The predicted octanol–water partition coefficient (Wildman–Crippen LogP) is 3.20. The van der Waals surface area contributed by atoms with Crippen molar-refractivity contribution in [2.24, 2.45) is 0 Å². The zero-order valence-corrected chi connectivity index (χ0v) is 18.2. The van der Waals surface area contributed by atoms with Crippen LogP contribution in [0.1, 0.15) is 46.7 Å². The Labute approximate surface area is 180 Å². The lowest BCUT2D eigenvalue weighted by atomic mass is 10.0. The summed E-state index contributed by atoms with van der Waals surface area (Å²) < 4.78 is 13.7. The summed E-state index contributed by atoms with van der Waals surface area (Å²) in [5, 5.41) is 2.71. The lowest BCUT2D eigenvalue weighted by Gasteiger charge is -2.22. The molecular weight excluding hydrogens is 399 g/mol. The molecule has 2 heterocycles. The fourth-order valence-electron chi connectivity index (χ4n) is 3.82. The van der Waals surface area contributed by atoms with Crippen LogP contribution >= 0.6 is 0 Å². The van der Waals surface area contributed by atoms with Gasteiger partial charge in [0.15, 0.2) is 0 Å². The predicted molar refractivity (Wildman–Crippen MR) is 118 cm³/mol. The van der Waals surface area contributed by atoms with Gasteiger partial charge < -0.3 is 15.2 Å². The Kier molecular flexibility index (Phi) is 6.70. The van der Waals surface area contributed by atoms with Crippen LogP contribution in [-0.4, -0.2) is 59.2 Å². The third kappa shape index (κ3) is 4.44. The van der Waals surface area contributed by atoms with E-state index in [0.29, 0.717) is 58.8 Å². The van der Waals surface area contributed by atoms with Gasteiger partial charge in [-0.15, -0.1) is 0 Å². The number of aromatic nitrogens is 1. The highest BCUT2D eigenvalue weighted by molar-refractivity contribution is 6.34. The van der Waals surface area contributed by atoms with Gasteiger partial charge in [0.1, 0.15) is 5.82 Å². The number of H-pyrrole nitrogens is 1. The average molecular weight is 426 g/mol. The molecule has 1 aromatic heterocycles. The van der Waals surface area contributed by atoms with Crippen molar-refractivity contribution in [3.63, 3.8) is 0 Å². The molecule has 0 bridgehead atoms. The number of hydrogen-bond acceptors (Lipinski definition) is 4. The maximum absolute atomic E-state index is 13.7. The van der Waals surface area contributed by atoms with Gasteiger partial charge in [0.05, 0.1) is 11.1 Å². The minimum Gasteiger partial charge on any atom is -0.358 e. The van der Waals surface area contributed by atoms with Gasteiger partial charge in [0.2, 0.25) is 6.41 Å². The van der Waals surface area contributed by atoms with E-state index in [1.165, 1.54) is 23.1 Å². The lowest BCUT2D eigenvalue weighted by molar-refractivity contribution is -0.116. The molecule has 1 aliphatic rings. The van der Waals surface area contributed by atoms with Crippen molar-refractivity contribution >= 4 is 35.6 Å². The summed E-state index contributed by atoms with van der Waals surface area (Å²) >= 11 is 0. The van der Waals surface area contributed by atoms with Crippen LogP contribution in [0.15, 0.2) is 18.2 Å². The number of aryl methyl sites for hydroxylation is 1. The molecule has 1 aromatic carbocycles. The minimum atomic E-state index is -0.439. The van der Waals surface area contributed by atoms with Crippen molar-refractivity contribution < 1.29 is 18.8 Å². The second-order valence-electron chi connectivity index (χ2n) is 7.50. The third-order valence-electron chi connectivity index (χ3n) is 5.68. The average Bonchev–Trinajstić information content (AvgIpc) is 3.20. The molecule has 0 saturated heterocycles. The van der Waals surface area contributed by atoms with Crippen LogP contribution in [0.4, 0.5) is 10.1 Å². The summed E-state index contributed by atoms with van der Waals surface area (Å²) in [6.45, 7) is 10.1. The quantitative estimate of drug-likeness (QED) is 0.501.